The Kier molecular flexibility index (Phi) is 5.05. The fraction of sp³-hybridized carbons (Fsp3) is 0.250. The van der Waals surface area contributed by atoms with Crippen molar-refractivity contribution in [2.45, 2.75) is 13.2 Å². The molecule has 0 atom stereocenters. The number of aliphatic hydroxyl groups is 1. The molecule has 0 aliphatic rings. The summed E-state index contributed by atoms with van der Waals surface area (Å²) in [7, 11) is 4.82. The summed E-state index contributed by atoms with van der Waals surface area (Å²) in [5, 5.41) is 17.9. The predicted molar refractivity (Wildman–Crippen MR) is 108 cm³/mol. The number of methoxy groups -OCH3 is 3. The summed E-state index contributed by atoms with van der Waals surface area (Å²) in [5.41, 5.74) is 2.19. The van der Waals surface area contributed by atoms with Crippen LogP contribution in [0.5, 0.6) is 17.2 Å². The van der Waals surface area contributed by atoms with Crippen LogP contribution in [0.15, 0.2) is 36.4 Å². The number of hydrogen-bond acceptors (Lipinski definition) is 8. The third kappa shape index (κ3) is 3.47. The second kappa shape index (κ2) is 7.80. The van der Waals surface area contributed by atoms with E-state index >= 15 is 0 Å². The third-order valence-corrected chi connectivity index (χ3v) is 4.53. The van der Waals surface area contributed by atoms with E-state index in [1.807, 2.05) is 36.4 Å². The minimum Gasteiger partial charge on any atom is -0.497 e. The lowest BCUT2D eigenvalue weighted by Gasteiger charge is -2.12. The highest BCUT2D eigenvalue weighted by Gasteiger charge is 2.16. The Morgan fingerprint density at radius 2 is 1.76 bits per heavy atom. The number of benzene rings is 2. The molecule has 150 valence electrons. The van der Waals surface area contributed by atoms with Crippen molar-refractivity contribution in [1.82, 2.24) is 19.6 Å². The first-order valence-corrected chi connectivity index (χ1v) is 8.96. The number of ether oxygens (including phenoxy) is 3. The molecule has 29 heavy (non-hydrogen) atoms. The number of nitrogens with one attached hydrogen (secondary N) is 1. The second-order valence-electron chi connectivity index (χ2n) is 6.29. The van der Waals surface area contributed by atoms with Crippen LogP contribution in [0.2, 0.25) is 0 Å². The molecule has 0 radical (unpaired) electrons. The fourth-order valence-corrected chi connectivity index (χ4v) is 3.14. The molecule has 0 aliphatic carbocycles. The maximum absolute atomic E-state index is 9.49. The molecular weight excluding hydrogens is 374 g/mol. The number of fused-ring (bicyclic) bond motifs is 3. The normalized spacial score (nSPS) is 11.0. The lowest BCUT2D eigenvalue weighted by atomic mass is 10.2. The van der Waals surface area contributed by atoms with Crippen molar-refractivity contribution in [3.05, 3.63) is 47.8 Å². The van der Waals surface area contributed by atoms with Gasteiger partial charge in [0.25, 0.3) is 0 Å². The number of hydrogen-bond donors (Lipinski definition) is 2. The van der Waals surface area contributed by atoms with Gasteiger partial charge in [0.2, 0.25) is 5.95 Å². The average molecular weight is 395 g/mol. The smallest absolute Gasteiger partial charge is 0.226 e. The Labute approximate surface area is 166 Å². The molecule has 2 N–H and O–H groups in total. The molecule has 2 heterocycles. The van der Waals surface area contributed by atoms with Gasteiger partial charge in [-0.25, -0.2) is 9.97 Å². The first-order valence-electron chi connectivity index (χ1n) is 8.96. The summed E-state index contributed by atoms with van der Waals surface area (Å²) >= 11 is 0. The summed E-state index contributed by atoms with van der Waals surface area (Å²) in [6.45, 7) is 0.185. The Balaban J connectivity index is 1.79. The largest absolute Gasteiger partial charge is 0.497 e. The van der Waals surface area contributed by atoms with Crippen molar-refractivity contribution in [2.75, 3.05) is 26.6 Å². The summed E-state index contributed by atoms with van der Waals surface area (Å²) < 4.78 is 17.7. The molecule has 2 aromatic carbocycles. The number of anilines is 1. The molecule has 0 unspecified atom stereocenters. The van der Waals surface area contributed by atoms with Crippen LogP contribution < -0.4 is 19.5 Å². The van der Waals surface area contributed by atoms with E-state index in [0.29, 0.717) is 46.7 Å². The first kappa shape index (κ1) is 18.8. The summed E-state index contributed by atoms with van der Waals surface area (Å²) in [5.74, 6) is 2.81. The van der Waals surface area contributed by atoms with Gasteiger partial charge in [-0.05, 0) is 29.8 Å². The van der Waals surface area contributed by atoms with Gasteiger partial charge in [0.1, 0.15) is 29.4 Å². The van der Waals surface area contributed by atoms with E-state index in [-0.39, 0.29) is 6.61 Å². The van der Waals surface area contributed by atoms with Gasteiger partial charge in [0.15, 0.2) is 11.5 Å². The molecule has 2 aromatic heterocycles. The van der Waals surface area contributed by atoms with E-state index in [2.05, 4.69) is 15.4 Å². The Hall–Kier alpha value is -3.59. The maximum Gasteiger partial charge on any atom is 0.226 e. The zero-order chi connectivity index (χ0) is 20.4. The third-order valence-electron chi connectivity index (χ3n) is 4.53. The van der Waals surface area contributed by atoms with Crippen LogP contribution >= 0.6 is 0 Å². The highest BCUT2D eigenvalue weighted by atomic mass is 16.5. The number of aromatic nitrogens is 4. The van der Waals surface area contributed by atoms with Crippen molar-refractivity contribution in [3.63, 3.8) is 0 Å². The van der Waals surface area contributed by atoms with Crippen molar-refractivity contribution in [2.24, 2.45) is 0 Å². The molecule has 9 heteroatoms. The molecule has 4 aromatic rings. The molecular formula is C20H21N5O4. The number of para-hydroxylation sites is 1. The van der Waals surface area contributed by atoms with Crippen LogP contribution in [0, 0.1) is 0 Å². The van der Waals surface area contributed by atoms with Gasteiger partial charge in [-0.1, -0.05) is 6.07 Å². The van der Waals surface area contributed by atoms with Crippen LogP contribution in [0.25, 0.3) is 16.6 Å². The van der Waals surface area contributed by atoms with Crippen molar-refractivity contribution >= 4 is 22.5 Å². The lowest BCUT2D eigenvalue weighted by Crippen LogP contribution is -2.09. The number of rotatable bonds is 7. The fourth-order valence-electron chi connectivity index (χ4n) is 3.14. The zero-order valence-electron chi connectivity index (χ0n) is 16.3. The van der Waals surface area contributed by atoms with Crippen molar-refractivity contribution < 1.29 is 19.3 Å². The molecule has 0 spiro atoms. The van der Waals surface area contributed by atoms with E-state index < -0.39 is 0 Å². The SMILES string of the molecule is COc1cc(CNc2nc3c(OC)cccc3c3nc(CO)nn23)cc(OC)c1. The average Bonchev–Trinajstić information content (AvgIpc) is 3.21. The van der Waals surface area contributed by atoms with Gasteiger partial charge in [-0.15, -0.1) is 5.10 Å². The Morgan fingerprint density at radius 1 is 1.00 bits per heavy atom. The molecule has 0 bridgehead atoms. The summed E-state index contributed by atoms with van der Waals surface area (Å²) in [6.07, 6.45) is 0. The highest BCUT2D eigenvalue weighted by Crippen LogP contribution is 2.29. The molecule has 0 amide bonds. The van der Waals surface area contributed by atoms with Gasteiger partial charge in [-0.2, -0.15) is 4.52 Å². The summed E-state index contributed by atoms with van der Waals surface area (Å²) in [6, 6.07) is 11.2. The molecule has 0 saturated heterocycles. The summed E-state index contributed by atoms with van der Waals surface area (Å²) in [4.78, 5) is 9.13. The predicted octanol–water partition coefficient (Wildman–Crippen LogP) is 2.41. The first-order chi connectivity index (χ1) is 14.2. The Bertz CT molecular complexity index is 1150. The van der Waals surface area contributed by atoms with Gasteiger partial charge >= 0.3 is 0 Å². The molecule has 0 saturated carbocycles. The minimum absolute atomic E-state index is 0.264. The van der Waals surface area contributed by atoms with Gasteiger partial charge < -0.3 is 24.6 Å². The van der Waals surface area contributed by atoms with Crippen molar-refractivity contribution in [3.8, 4) is 17.2 Å². The number of nitrogens with zero attached hydrogens (tertiary/aromatic N) is 4. The van der Waals surface area contributed by atoms with E-state index in [0.717, 1.165) is 10.9 Å². The Morgan fingerprint density at radius 3 is 2.41 bits per heavy atom. The molecule has 9 nitrogen and oxygen atoms in total. The van der Waals surface area contributed by atoms with Gasteiger partial charge in [-0.3, -0.25) is 0 Å². The van der Waals surface area contributed by atoms with Crippen LogP contribution in [-0.4, -0.2) is 46.0 Å². The van der Waals surface area contributed by atoms with Gasteiger partial charge in [0, 0.05) is 18.0 Å². The monoisotopic (exact) mass is 395 g/mol. The standard InChI is InChI=1S/C20H21N5O4/c1-27-13-7-12(8-14(9-13)28-2)10-21-20-23-18-15(5-4-6-16(18)29-3)19-22-17(11-26)24-25(19)20/h4-9,26H,10-11H2,1-3H3,(H,21,23). The van der Waals surface area contributed by atoms with Crippen LogP contribution in [0.3, 0.4) is 0 Å². The molecule has 0 fully saturated rings. The molecule has 0 aliphatic heterocycles. The van der Waals surface area contributed by atoms with E-state index in [1.165, 1.54) is 0 Å². The van der Waals surface area contributed by atoms with E-state index in [1.54, 1.807) is 25.8 Å². The molecule has 4 rings (SSSR count). The topological polar surface area (TPSA) is 103 Å². The quantitative estimate of drug-likeness (QED) is 0.492. The van der Waals surface area contributed by atoms with E-state index in [4.69, 9.17) is 19.2 Å². The number of aliphatic hydroxyl groups excluding tert-OH is 1. The highest BCUT2D eigenvalue weighted by molar-refractivity contribution is 5.95. The maximum atomic E-state index is 9.49. The van der Waals surface area contributed by atoms with Crippen LogP contribution in [0.4, 0.5) is 5.95 Å². The van der Waals surface area contributed by atoms with Crippen LogP contribution in [0.1, 0.15) is 11.4 Å². The van der Waals surface area contributed by atoms with E-state index in [9.17, 15) is 5.11 Å². The van der Waals surface area contributed by atoms with Crippen molar-refractivity contribution in [1.29, 1.82) is 0 Å². The zero-order valence-corrected chi connectivity index (χ0v) is 16.3. The lowest BCUT2D eigenvalue weighted by molar-refractivity contribution is 0.271. The van der Waals surface area contributed by atoms with Crippen LogP contribution in [-0.2, 0) is 13.2 Å². The second-order valence-corrected chi connectivity index (χ2v) is 6.29. The minimum atomic E-state index is -0.264. The van der Waals surface area contributed by atoms with Gasteiger partial charge in [0.05, 0.1) is 21.3 Å².